The lowest BCUT2D eigenvalue weighted by Gasteiger charge is -2.22. The lowest BCUT2D eigenvalue weighted by molar-refractivity contribution is 0.0761. The number of carbonyl (C=O) groups excluding carboxylic acids is 1. The highest BCUT2D eigenvalue weighted by Gasteiger charge is 2.19. The van der Waals surface area contributed by atoms with Gasteiger partial charge in [-0.1, -0.05) is 26.9 Å². The largest absolute Gasteiger partial charge is 0.330 e. The molecular formula is C18H18BrFN2O4S. The van der Waals surface area contributed by atoms with Crippen molar-refractivity contribution in [2.24, 2.45) is 0 Å². The lowest BCUT2D eigenvalue weighted by atomic mass is 10.1. The van der Waals surface area contributed by atoms with E-state index in [0.717, 1.165) is 0 Å². The van der Waals surface area contributed by atoms with Crippen molar-refractivity contribution in [1.29, 1.82) is 0 Å². The molecule has 0 aliphatic heterocycles. The summed E-state index contributed by atoms with van der Waals surface area (Å²) in [6.07, 6.45) is 1.54. The van der Waals surface area contributed by atoms with Crippen molar-refractivity contribution in [3.05, 3.63) is 76.5 Å². The Kier molecular flexibility index (Phi) is 7.25. The Morgan fingerprint density at radius 3 is 2.56 bits per heavy atom. The standard InChI is InChI=1S/C18H18BrFN2O4S/c1-3-10-22(12-14-11-15(19)6-9-17(14)20)18(23)13-4-7-16(8-5-13)27(24,25)21-26-2/h3-9,11,21H,1,10,12H2,2H3. The van der Waals surface area contributed by atoms with Gasteiger partial charge in [0.05, 0.1) is 12.0 Å². The topological polar surface area (TPSA) is 75.7 Å². The minimum Gasteiger partial charge on any atom is -0.330 e. The summed E-state index contributed by atoms with van der Waals surface area (Å²) >= 11 is 3.28. The molecule has 0 bridgehead atoms. The molecule has 6 nitrogen and oxygen atoms in total. The van der Waals surface area contributed by atoms with Crippen molar-refractivity contribution in [1.82, 2.24) is 9.79 Å². The molecule has 0 atom stereocenters. The SMILES string of the molecule is C=CCN(Cc1cc(Br)ccc1F)C(=O)c1ccc(S(=O)(=O)NOC)cc1. The van der Waals surface area contributed by atoms with Gasteiger partial charge in [0.2, 0.25) is 0 Å². The Balaban J connectivity index is 2.26. The highest BCUT2D eigenvalue weighted by Crippen LogP contribution is 2.19. The number of hydrogen-bond acceptors (Lipinski definition) is 4. The number of hydrogen-bond donors (Lipinski definition) is 1. The van der Waals surface area contributed by atoms with Crippen molar-refractivity contribution < 1.29 is 22.4 Å². The van der Waals surface area contributed by atoms with Crippen LogP contribution in [0.4, 0.5) is 4.39 Å². The second kappa shape index (κ2) is 9.23. The van der Waals surface area contributed by atoms with Crippen LogP contribution >= 0.6 is 15.9 Å². The zero-order valence-corrected chi connectivity index (χ0v) is 16.9. The molecule has 2 aromatic carbocycles. The highest BCUT2D eigenvalue weighted by molar-refractivity contribution is 9.10. The number of carbonyl (C=O) groups is 1. The molecule has 1 N–H and O–H groups in total. The van der Waals surface area contributed by atoms with Gasteiger partial charge in [0.25, 0.3) is 15.9 Å². The zero-order chi connectivity index (χ0) is 20.0. The highest BCUT2D eigenvalue weighted by atomic mass is 79.9. The van der Waals surface area contributed by atoms with Crippen LogP contribution in [0.15, 0.2) is 64.5 Å². The van der Waals surface area contributed by atoms with E-state index in [9.17, 15) is 17.6 Å². The van der Waals surface area contributed by atoms with Crippen molar-refractivity contribution in [3.8, 4) is 0 Å². The first-order valence-electron chi connectivity index (χ1n) is 7.77. The normalized spacial score (nSPS) is 11.2. The molecule has 0 aliphatic carbocycles. The molecule has 0 aromatic heterocycles. The summed E-state index contributed by atoms with van der Waals surface area (Å²) in [7, 11) is -2.63. The minimum atomic E-state index is -3.81. The third kappa shape index (κ3) is 5.46. The quantitative estimate of drug-likeness (QED) is 0.488. The van der Waals surface area contributed by atoms with Crippen molar-refractivity contribution in [2.45, 2.75) is 11.4 Å². The van der Waals surface area contributed by atoms with E-state index in [1.807, 2.05) is 4.89 Å². The molecule has 27 heavy (non-hydrogen) atoms. The van der Waals surface area contributed by atoms with E-state index in [4.69, 9.17) is 0 Å². The number of amides is 1. The minimum absolute atomic E-state index is 0.0431. The van der Waals surface area contributed by atoms with E-state index in [-0.39, 0.29) is 29.5 Å². The van der Waals surface area contributed by atoms with Crippen LogP contribution < -0.4 is 4.89 Å². The molecule has 9 heteroatoms. The monoisotopic (exact) mass is 456 g/mol. The second-order valence-electron chi connectivity index (χ2n) is 5.53. The van der Waals surface area contributed by atoms with Crippen LogP contribution in [0.3, 0.4) is 0 Å². The van der Waals surface area contributed by atoms with Crippen LogP contribution in [0, 0.1) is 5.82 Å². The molecular weight excluding hydrogens is 439 g/mol. The van der Waals surface area contributed by atoms with Gasteiger partial charge >= 0.3 is 0 Å². The summed E-state index contributed by atoms with van der Waals surface area (Å²) in [5.74, 6) is -0.801. The summed E-state index contributed by atoms with van der Waals surface area (Å²) in [5.41, 5.74) is 0.617. The van der Waals surface area contributed by atoms with Crippen LogP contribution in [0.5, 0.6) is 0 Å². The van der Waals surface area contributed by atoms with Gasteiger partial charge in [0, 0.05) is 28.7 Å². The molecule has 0 saturated carbocycles. The molecule has 0 heterocycles. The maximum Gasteiger partial charge on any atom is 0.262 e. The van der Waals surface area contributed by atoms with Gasteiger partial charge in [-0.3, -0.25) is 9.63 Å². The first-order chi connectivity index (χ1) is 12.8. The van der Waals surface area contributed by atoms with E-state index in [0.29, 0.717) is 10.0 Å². The van der Waals surface area contributed by atoms with Crippen LogP contribution in [0.2, 0.25) is 0 Å². The third-order valence-corrected chi connectivity index (χ3v) is 5.38. The number of rotatable bonds is 8. The van der Waals surface area contributed by atoms with E-state index >= 15 is 0 Å². The molecule has 0 spiro atoms. The van der Waals surface area contributed by atoms with Crippen molar-refractivity contribution in [2.75, 3.05) is 13.7 Å². The molecule has 1 amide bonds. The molecule has 0 radical (unpaired) electrons. The summed E-state index contributed by atoms with van der Waals surface area (Å²) in [5, 5.41) is 0. The smallest absolute Gasteiger partial charge is 0.262 e. The number of halogens is 2. The Morgan fingerprint density at radius 1 is 1.30 bits per heavy atom. The number of nitrogens with zero attached hydrogens (tertiary/aromatic N) is 1. The van der Waals surface area contributed by atoms with E-state index in [1.54, 1.807) is 12.1 Å². The Labute approximate surface area is 165 Å². The Morgan fingerprint density at radius 2 is 1.96 bits per heavy atom. The van der Waals surface area contributed by atoms with E-state index in [2.05, 4.69) is 27.3 Å². The molecule has 0 fully saturated rings. The fourth-order valence-corrected chi connectivity index (χ4v) is 3.58. The first kappa shape index (κ1) is 21.2. The van der Waals surface area contributed by atoms with E-state index < -0.39 is 15.8 Å². The lowest BCUT2D eigenvalue weighted by Crippen LogP contribution is -2.31. The van der Waals surface area contributed by atoms with Gasteiger partial charge in [-0.2, -0.15) is 0 Å². The van der Waals surface area contributed by atoms with Crippen molar-refractivity contribution >= 4 is 31.9 Å². The van der Waals surface area contributed by atoms with Gasteiger partial charge in [0.1, 0.15) is 5.82 Å². The van der Waals surface area contributed by atoms with Gasteiger partial charge < -0.3 is 4.90 Å². The Hall–Kier alpha value is -2.07. The molecule has 0 unspecified atom stereocenters. The number of benzene rings is 2. The number of sulfonamides is 1. The van der Waals surface area contributed by atoms with Gasteiger partial charge in [-0.15, -0.1) is 6.58 Å². The van der Waals surface area contributed by atoms with Gasteiger partial charge in [0.15, 0.2) is 0 Å². The summed E-state index contributed by atoms with van der Waals surface area (Å²) in [4.78, 5) is 20.5. The molecule has 0 aliphatic rings. The second-order valence-corrected chi connectivity index (χ2v) is 8.09. The average molecular weight is 457 g/mol. The average Bonchev–Trinajstić information content (AvgIpc) is 2.64. The summed E-state index contributed by atoms with van der Waals surface area (Å²) < 4.78 is 38.5. The maximum atomic E-state index is 14.0. The zero-order valence-electron chi connectivity index (χ0n) is 14.5. The summed E-state index contributed by atoms with van der Waals surface area (Å²) in [6.45, 7) is 3.87. The number of nitrogens with one attached hydrogen (secondary N) is 1. The Bertz CT molecular complexity index is 933. The van der Waals surface area contributed by atoms with Crippen LogP contribution in [0.1, 0.15) is 15.9 Å². The fraction of sp³-hybridized carbons (Fsp3) is 0.167. The molecule has 2 aromatic rings. The van der Waals surface area contributed by atoms with Crippen molar-refractivity contribution in [3.63, 3.8) is 0 Å². The third-order valence-electron chi connectivity index (χ3n) is 3.61. The van der Waals surface area contributed by atoms with Crippen LogP contribution in [0.25, 0.3) is 0 Å². The predicted octanol–water partition coefficient (Wildman–Crippen LogP) is 3.26. The summed E-state index contributed by atoms with van der Waals surface area (Å²) in [6, 6.07) is 9.86. The molecule has 144 valence electrons. The van der Waals surface area contributed by atoms with Gasteiger partial charge in [-0.05, 0) is 42.5 Å². The van der Waals surface area contributed by atoms with Crippen LogP contribution in [-0.4, -0.2) is 32.9 Å². The molecule has 0 saturated heterocycles. The predicted molar refractivity (Wildman–Crippen MR) is 103 cm³/mol. The maximum absolute atomic E-state index is 14.0. The molecule has 2 rings (SSSR count). The van der Waals surface area contributed by atoms with E-state index in [1.165, 1.54) is 48.4 Å². The first-order valence-corrected chi connectivity index (χ1v) is 10.0. The fourth-order valence-electron chi connectivity index (χ4n) is 2.36. The van der Waals surface area contributed by atoms with Crippen LogP contribution in [-0.2, 0) is 21.4 Å². The van der Waals surface area contributed by atoms with Gasteiger partial charge in [-0.25, -0.2) is 12.8 Å².